The number of rotatable bonds is 3. The summed E-state index contributed by atoms with van der Waals surface area (Å²) >= 11 is 1.60. The van der Waals surface area contributed by atoms with Crippen molar-refractivity contribution in [3.8, 4) is 0 Å². The lowest BCUT2D eigenvalue weighted by Gasteiger charge is -2.30. The van der Waals surface area contributed by atoms with Crippen molar-refractivity contribution >= 4 is 21.6 Å². The van der Waals surface area contributed by atoms with E-state index in [2.05, 4.69) is 15.2 Å². The smallest absolute Gasteiger partial charge is 0.124 e. The first-order valence-corrected chi connectivity index (χ1v) is 7.51. The van der Waals surface area contributed by atoms with Crippen LogP contribution in [0.3, 0.4) is 0 Å². The molecule has 2 aromatic rings. The van der Waals surface area contributed by atoms with Crippen molar-refractivity contribution in [2.75, 3.05) is 20.1 Å². The van der Waals surface area contributed by atoms with E-state index >= 15 is 0 Å². The number of halogens is 1. The van der Waals surface area contributed by atoms with Crippen LogP contribution >= 0.6 is 11.3 Å². The first-order chi connectivity index (χ1) is 9.24. The van der Waals surface area contributed by atoms with Crippen LogP contribution in [0.15, 0.2) is 18.2 Å². The monoisotopic (exact) mass is 279 g/mol. The second-order valence-corrected chi connectivity index (χ2v) is 6.17. The molecule has 19 heavy (non-hydrogen) atoms. The van der Waals surface area contributed by atoms with E-state index in [1.54, 1.807) is 23.5 Å². The van der Waals surface area contributed by atoms with Gasteiger partial charge in [-0.3, -0.25) is 4.90 Å². The van der Waals surface area contributed by atoms with Gasteiger partial charge >= 0.3 is 0 Å². The number of nitrogens with one attached hydrogen (secondary N) is 1. The fraction of sp³-hybridized carbons (Fsp3) is 0.500. The number of nitrogens with zero attached hydrogens (tertiary/aromatic N) is 2. The quantitative estimate of drug-likeness (QED) is 0.936. The number of hydrogen-bond donors (Lipinski definition) is 1. The summed E-state index contributed by atoms with van der Waals surface area (Å²) in [5.41, 5.74) is 0.909. The zero-order valence-electron chi connectivity index (χ0n) is 11.0. The van der Waals surface area contributed by atoms with Gasteiger partial charge in [0.05, 0.1) is 16.8 Å². The summed E-state index contributed by atoms with van der Waals surface area (Å²) in [6, 6.07) is 5.46. The molecule has 1 aromatic heterocycles. The highest BCUT2D eigenvalue weighted by molar-refractivity contribution is 7.18. The minimum absolute atomic E-state index is 0.183. The lowest BCUT2D eigenvalue weighted by atomic mass is 10.1. The predicted octanol–water partition coefficient (Wildman–Crippen LogP) is 2.62. The molecular formula is C14H18FN3S. The third-order valence-electron chi connectivity index (χ3n) is 3.75. The standard InChI is InChI=1S/C14H18FN3S/c1-16-11-4-6-18(7-5-11)9-14-17-12-3-2-10(15)8-13(12)19-14/h2-3,8,11,16H,4-7,9H2,1H3. The second-order valence-electron chi connectivity index (χ2n) is 5.06. The van der Waals surface area contributed by atoms with Crippen LogP contribution in [0.1, 0.15) is 17.8 Å². The van der Waals surface area contributed by atoms with Crippen molar-refractivity contribution in [3.63, 3.8) is 0 Å². The summed E-state index contributed by atoms with van der Waals surface area (Å²) in [6.07, 6.45) is 2.38. The van der Waals surface area contributed by atoms with Gasteiger partial charge < -0.3 is 5.32 Å². The lowest BCUT2D eigenvalue weighted by Crippen LogP contribution is -2.40. The van der Waals surface area contributed by atoms with E-state index in [0.29, 0.717) is 6.04 Å². The van der Waals surface area contributed by atoms with Crippen LogP contribution in [0.5, 0.6) is 0 Å². The SMILES string of the molecule is CNC1CCN(Cc2nc3ccc(F)cc3s2)CC1. The molecule has 0 atom stereocenters. The summed E-state index contributed by atoms with van der Waals surface area (Å²) < 4.78 is 14.1. The Balaban J connectivity index is 1.68. The van der Waals surface area contributed by atoms with E-state index in [1.165, 1.54) is 18.9 Å². The number of benzene rings is 1. The normalized spacial score (nSPS) is 18.2. The molecule has 0 unspecified atom stereocenters. The van der Waals surface area contributed by atoms with E-state index < -0.39 is 0 Å². The first-order valence-electron chi connectivity index (χ1n) is 6.69. The molecule has 0 aliphatic carbocycles. The molecule has 1 aromatic carbocycles. The minimum atomic E-state index is -0.183. The average molecular weight is 279 g/mol. The number of fused-ring (bicyclic) bond motifs is 1. The summed E-state index contributed by atoms with van der Waals surface area (Å²) in [5.74, 6) is -0.183. The van der Waals surface area contributed by atoms with Gasteiger partial charge in [0.2, 0.25) is 0 Å². The van der Waals surface area contributed by atoms with Gasteiger partial charge in [0, 0.05) is 19.1 Å². The van der Waals surface area contributed by atoms with Gasteiger partial charge in [-0.2, -0.15) is 0 Å². The molecule has 0 spiro atoms. The summed E-state index contributed by atoms with van der Waals surface area (Å²) in [4.78, 5) is 7.01. The predicted molar refractivity (Wildman–Crippen MR) is 76.9 cm³/mol. The molecule has 0 bridgehead atoms. The fourth-order valence-electron chi connectivity index (χ4n) is 2.58. The summed E-state index contributed by atoms with van der Waals surface area (Å²) in [7, 11) is 2.03. The van der Waals surface area contributed by atoms with Crippen molar-refractivity contribution in [3.05, 3.63) is 29.0 Å². The Hall–Kier alpha value is -1.04. The molecule has 3 nitrogen and oxygen atoms in total. The van der Waals surface area contributed by atoms with Crippen LogP contribution < -0.4 is 5.32 Å². The van der Waals surface area contributed by atoms with Crippen molar-refractivity contribution in [2.24, 2.45) is 0 Å². The van der Waals surface area contributed by atoms with E-state index in [9.17, 15) is 4.39 Å². The Labute approximate surface area is 116 Å². The maximum atomic E-state index is 13.1. The molecule has 102 valence electrons. The van der Waals surface area contributed by atoms with Crippen LogP contribution in [0.4, 0.5) is 4.39 Å². The maximum Gasteiger partial charge on any atom is 0.124 e. The molecule has 2 heterocycles. The number of thiazole rings is 1. The van der Waals surface area contributed by atoms with E-state index in [-0.39, 0.29) is 5.82 Å². The first kappa shape index (κ1) is 13.0. The highest BCUT2D eigenvalue weighted by atomic mass is 32.1. The molecular weight excluding hydrogens is 261 g/mol. The van der Waals surface area contributed by atoms with Crippen molar-refractivity contribution in [2.45, 2.75) is 25.4 Å². The topological polar surface area (TPSA) is 28.2 Å². The summed E-state index contributed by atoms with van der Waals surface area (Å²) in [5, 5.41) is 4.42. The second kappa shape index (κ2) is 5.53. The lowest BCUT2D eigenvalue weighted by molar-refractivity contribution is 0.194. The molecule has 1 aliphatic rings. The molecule has 0 radical (unpaired) electrons. The number of hydrogen-bond acceptors (Lipinski definition) is 4. The Bertz CT molecular complexity index is 561. The molecule has 5 heteroatoms. The zero-order chi connectivity index (χ0) is 13.2. The third kappa shape index (κ3) is 2.94. The zero-order valence-corrected chi connectivity index (χ0v) is 11.8. The molecule has 0 amide bonds. The molecule has 1 fully saturated rings. The van der Waals surface area contributed by atoms with Crippen LogP contribution in [-0.2, 0) is 6.54 Å². The number of aromatic nitrogens is 1. The Kier molecular flexibility index (Phi) is 3.77. The number of likely N-dealkylation sites (tertiary alicyclic amines) is 1. The van der Waals surface area contributed by atoms with Gasteiger partial charge in [0.15, 0.2) is 0 Å². The Morgan fingerprint density at radius 1 is 1.42 bits per heavy atom. The van der Waals surface area contributed by atoms with Gasteiger partial charge in [-0.1, -0.05) is 0 Å². The van der Waals surface area contributed by atoms with Crippen molar-refractivity contribution in [1.82, 2.24) is 15.2 Å². The van der Waals surface area contributed by atoms with E-state index in [1.807, 2.05) is 7.05 Å². The Morgan fingerprint density at radius 2 is 2.21 bits per heavy atom. The molecule has 0 saturated carbocycles. The minimum Gasteiger partial charge on any atom is -0.317 e. The molecule has 1 N–H and O–H groups in total. The van der Waals surface area contributed by atoms with Gasteiger partial charge in [-0.15, -0.1) is 11.3 Å². The maximum absolute atomic E-state index is 13.1. The van der Waals surface area contributed by atoms with Gasteiger partial charge in [-0.05, 0) is 38.1 Å². The van der Waals surface area contributed by atoms with Gasteiger partial charge in [0.1, 0.15) is 10.8 Å². The van der Waals surface area contributed by atoms with Crippen LogP contribution in [0, 0.1) is 5.82 Å². The fourth-order valence-corrected chi connectivity index (χ4v) is 3.62. The molecule has 3 rings (SSSR count). The van der Waals surface area contributed by atoms with Crippen LogP contribution in [0.25, 0.3) is 10.2 Å². The largest absolute Gasteiger partial charge is 0.317 e. The van der Waals surface area contributed by atoms with E-state index in [4.69, 9.17) is 0 Å². The van der Waals surface area contributed by atoms with Gasteiger partial charge in [-0.25, -0.2) is 9.37 Å². The molecule has 1 aliphatic heterocycles. The van der Waals surface area contributed by atoms with Crippen molar-refractivity contribution in [1.29, 1.82) is 0 Å². The van der Waals surface area contributed by atoms with E-state index in [0.717, 1.165) is 34.9 Å². The average Bonchev–Trinajstić information content (AvgIpc) is 2.81. The number of piperidine rings is 1. The highest BCUT2D eigenvalue weighted by Crippen LogP contribution is 2.24. The summed E-state index contributed by atoms with van der Waals surface area (Å²) in [6.45, 7) is 3.10. The highest BCUT2D eigenvalue weighted by Gasteiger charge is 2.18. The van der Waals surface area contributed by atoms with Gasteiger partial charge in [0.25, 0.3) is 0 Å². The van der Waals surface area contributed by atoms with Crippen LogP contribution in [0.2, 0.25) is 0 Å². The van der Waals surface area contributed by atoms with Crippen molar-refractivity contribution < 1.29 is 4.39 Å². The molecule has 1 saturated heterocycles. The third-order valence-corrected chi connectivity index (χ3v) is 4.75. The van der Waals surface area contributed by atoms with Crippen LogP contribution in [-0.4, -0.2) is 36.1 Å². The Morgan fingerprint density at radius 3 is 2.95 bits per heavy atom.